The monoisotopic (exact) mass is 1550 g/mol. The molecule has 17 N–H and O–H groups in total. The first-order valence-electron chi connectivity index (χ1n) is 36.1. The Labute approximate surface area is 622 Å². The molecule has 0 saturated heterocycles. The van der Waals surface area contributed by atoms with E-state index < -0.39 is 119 Å². The van der Waals surface area contributed by atoms with Crippen LogP contribution in [0.25, 0.3) is 0 Å². The molecule has 0 aliphatic carbocycles. The molecule has 0 amide bonds. The van der Waals surface area contributed by atoms with Crippen LogP contribution >= 0.6 is 0 Å². The number of halogens is 13. The van der Waals surface area contributed by atoms with Crippen molar-refractivity contribution in [2.45, 2.75) is 388 Å². The number of carbonyl (C=O) groups excluding carboxylic acids is 7. The quantitative estimate of drug-likeness (QED) is 0.0257. The SMILES string of the molecule is CC(=O)[C@@H](N)CC(C)(C)C(F)(F)F.CC(=O)[C@@H](N)CC(C)(C)C(F)F.CC(=O)[C@@H](N)CC(C)(C)CC(F)F.CC(C)(CCC(F)F)C[C@H](N)C(=O)O.CCCC(C)(C)C[C@H](N)C(C)=O.CCCCC(C)(C)C[C@H](N)C(C)=O.CCC[C@@](C)(C[C@H](N)C(C)=O)C(F)F.CCC[C@](C)(C[C@H](N)C(C)=O)C(F)F. The lowest BCUT2D eigenvalue weighted by Crippen LogP contribution is -2.41. The number of aliphatic carboxylic acids is 1. The highest BCUT2D eigenvalue weighted by Gasteiger charge is 2.48. The van der Waals surface area contributed by atoms with Crippen molar-refractivity contribution in [1.29, 1.82) is 0 Å². The summed E-state index contributed by atoms with van der Waals surface area (Å²) in [5, 5.41) is 8.55. The van der Waals surface area contributed by atoms with Crippen LogP contribution in [0.15, 0.2) is 0 Å². The zero-order chi connectivity index (χ0) is 85.8. The van der Waals surface area contributed by atoms with Crippen LogP contribution in [0.2, 0.25) is 0 Å². The third kappa shape index (κ3) is 63.4. The van der Waals surface area contributed by atoms with E-state index in [4.69, 9.17) is 51.0 Å². The van der Waals surface area contributed by atoms with Gasteiger partial charge in [0.2, 0.25) is 32.1 Å². The van der Waals surface area contributed by atoms with Crippen molar-refractivity contribution in [3.63, 3.8) is 0 Å². The largest absolute Gasteiger partial charge is 0.480 e. The second-order valence-corrected chi connectivity index (χ2v) is 33.2. The fourth-order valence-corrected chi connectivity index (χ4v) is 10.2. The summed E-state index contributed by atoms with van der Waals surface area (Å²) in [6.45, 7) is 41.2. The Hall–Kier alpha value is -4.07. The number of unbranched alkanes of at least 4 members (excludes halogenated alkanes) is 1. The predicted molar refractivity (Wildman–Crippen MR) is 396 cm³/mol. The van der Waals surface area contributed by atoms with Gasteiger partial charge in [-0.1, -0.05) is 157 Å². The Morgan fingerprint density at radius 1 is 0.305 bits per heavy atom. The molecule has 0 aromatic carbocycles. The summed E-state index contributed by atoms with van der Waals surface area (Å²) in [4.78, 5) is 86.2. The van der Waals surface area contributed by atoms with Gasteiger partial charge in [-0.2, -0.15) is 13.2 Å². The number of ketones is 7. The molecule has 0 saturated carbocycles. The third-order valence-corrected chi connectivity index (χ3v) is 17.8. The zero-order valence-electron chi connectivity index (χ0n) is 68.4. The lowest BCUT2D eigenvalue weighted by atomic mass is 9.79. The van der Waals surface area contributed by atoms with E-state index >= 15 is 0 Å². The molecule has 0 radical (unpaired) electrons. The van der Waals surface area contributed by atoms with Gasteiger partial charge < -0.3 is 51.0 Å². The number of alkyl halides is 13. The van der Waals surface area contributed by atoms with Crippen LogP contribution in [-0.2, 0) is 38.4 Å². The summed E-state index contributed by atoms with van der Waals surface area (Å²) in [5.74, 6) is -2.16. The number of Topliss-reactive ketones (excluding diaryl/α,β-unsaturated/α-hetero) is 7. The van der Waals surface area contributed by atoms with Gasteiger partial charge in [-0.3, -0.25) is 38.4 Å². The van der Waals surface area contributed by atoms with Crippen LogP contribution in [0.3, 0.4) is 0 Å². The molecule has 0 aliphatic heterocycles. The normalized spacial score (nSPS) is 15.6. The number of carbonyl (C=O) groups is 8. The van der Waals surface area contributed by atoms with Gasteiger partial charge in [-0.05, 0) is 154 Å². The van der Waals surface area contributed by atoms with E-state index in [9.17, 15) is 95.4 Å². The molecule has 0 rings (SSSR count). The van der Waals surface area contributed by atoms with Gasteiger partial charge in [-0.25, -0.2) is 43.9 Å². The minimum absolute atomic E-state index is 0.0278. The average molecular weight is 1550 g/mol. The maximum Gasteiger partial charge on any atom is 0.394 e. The summed E-state index contributed by atoms with van der Waals surface area (Å²) >= 11 is 0. The number of rotatable bonds is 41. The number of nitrogens with two attached hydrogens (primary N) is 8. The molecule has 0 aromatic rings. The van der Waals surface area contributed by atoms with Gasteiger partial charge in [0.05, 0.1) is 47.7 Å². The maximum absolute atomic E-state index is 12.7. The summed E-state index contributed by atoms with van der Waals surface area (Å²) in [5.41, 5.74) is 37.9. The molecule has 0 aliphatic rings. The van der Waals surface area contributed by atoms with Gasteiger partial charge in [0.1, 0.15) is 46.5 Å². The summed E-state index contributed by atoms with van der Waals surface area (Å²) in [7, 11) is 0. The minimum atomic E-state index is -4.32. The lowest BCUT2D eigenvalue weighted by molar-refractivity contribution is -0.214. The molecule has 630 valence electrons. The highest BCUT2D eigenvalue weighted by molar-refractivity contribution is 5.83. The standard InChI is InChI=1S/C11H23NO.2C10H19F2NO.C10H21NO.C9H17F2NO2.C9H17F2NO.C8H14F3NO.C8H15F2NO/c1-5-6-7-11(3,4)8-10(12)9(2)13;2*1-4-5-10(3,9(11)12)6-8(13)7(2)14;1-5-6-10(3,4)7-9(11)8(2)12;1-9(2,4-3-7(10)11)5-6(12)8(13)14;1-6(13)7(12)4-9(2,3)5-8(10)11;1-5(13)6(12)4-7(2,3)8(9,10)11;1-5(12)6(11)4-8(2,3)7(9)10/h10H,5-8,12H2,1-4H3;2*8-9H,4-6,13H2,1-3H3;9H,5-7,11H2,1-4H3;6-7H,3-5,12H2,1-2H3,(H,13,14);7-8H,4-5,12H2,1-3H3;6H,4,12H2,1-3H3;6-7H,4,11H2,1-3H3/t10-;8-,10+;8-,10-;9-;6-;7-;2*6-/m00000000/s1. The molecule has 17 nitrogen and oxygen atoms in total. The topological polar surface area (TPSA) is 365 Å². The predicted octanol–water partition coefficient (Wildman–Crippen LogP) is 16.7. The Balaban J connectivity index is -0.000000171. The number of hydrogen-bond donors (Lipinski definition) is 9. The van der Waals surface area contributed by atoms with E-state index in [0.29, 0.717) is 32.1 Å². The molecule has 0 aromatic heterocycles. The third-order valence-electron chi connectivity index (χ3n) is 17.8. The average Bonchev–Trinajstić information content (AvgIpc) is 0.842. The maximum atomic E-state index is 12.7. The lowest BCUT2D eigenvalue weighted by Gasteiger charge is -2.30. The van der Waals surface area contributed by atoms with Gasteiger partial charge in [0.15, 0.2) is 0 Å². The van der Waals surface area contributed by atoms with E-state index in [-0.39, 0.29) is 109 Å². The fourth-order valence-electron chi connectivity index (χ4n) is 10.2. The van der Waals surface area contributed by atoms with E-state index in [0.717, 1.165) is 46.0 Å². The first-order chi connectivity index (χ1) is 46.8. The van der Waals surface area contributed by atoms with Crippen molar-refractivity contribution < 1.29 is 101 Å². The van der Waals surface area contributed by atoms with Crippen LogP contribution < -0.4 is 45.9 Å². The van der Waals surface area contributed by atoms with E-state index in [2.05, 4.69) is 41.5 Å². The molecule has 30 heteroatoms. The van der Waals surface area contributed by atoms with Crippen LogP contribution in [0, 0.1) is 43.3 Å². The van der Waals surface area contributed by atoms with Crippen LogP contribution in [0.5, 0.6) is 0 Å². The van der Waals surface area contributed by atoms with Gasteiger partial charge >= 0.3 is 12.1 Å². The fraction of sp³-hybridized carbons (Fsp3) is 0.893. The number of hydrogen-bond acceptors (Lipinski definition) is 16. The number of carboxylic acid groups (broad SMARTS) is 1. The van der Waals surface area contributed by atoms with Gasteiger partial charge in [0, 0.05) is 29.1 Å². The second-order valence-electron chi connectivity index (χ2n) is 33.2. The first-order valence-corrected chi connectivity index (χ1v) is 36.1. The smallest absolute Gasteiger partial charge is 0.394 e. The highest BCUT2D eigenvalue weighted by atomic mass is 19.4. The van der Waals surface area contributed by atoms with Crippen molar-refractivity contribution in [3.8, 4) is 0 Å². The summed E-state index contributed by atoms with van der Waals surface area (Å²) in [6, 6.07) is -5.46. The van der Waals surface area contributed by atoms with Crippen molar-refractivity contribution in [2.24, 2.45) is 89.2 Å². The van der Waals surface area contributed by atoms with E-state index in [1.165, 1.54) is 75.2 Å². The van der Waals surface area contributed by atoms with Gasteiger partial charge in [0.25, 0.3) is 0 Å². The van der Waals surface area contributed by atoms with Crippen molar-refractivity contribution in [3.05, 3.63) is 0 Å². The van der Waals surface area contributed by atoms with Crippen molar-refractivity contribution in [2.75, 3.05) is 0 Å². The molecule has 0 unspecified atom stereocenters. The Bertz CT molecular complexity index is 2380. The minimum Gasteiger partial charge on any atom is -0.480 e. The Kier molecular flexibility index (Phi) is 61.5. The number of carboxylic acids is 1. The molecule has 0 bridgehead atoms. The van der Waals surface area contributed by atoms with Crippen LogP contribution in [-0.4, -0.2) is 138 Å². The molecule has 105 heavy (non-hydrogen) atoms. The molecule has 10 atom stereocenters. The van der Waals surface area contributed by atoms with E-state index in [1.807, 2.05) is 13.8 Å². The Morgan fingerprint density at radius 3 is 0.800 bits per heavy atom. The van der Waals surface area contributed by atoms with Crippen LogP contribution in [0.4, 0.5) is 57.1 Å². The Morgan fingerprint density at radius 2 is 0.562 bits per heavy atom. The molecular weight excluding hydrogens is 1400 g/mol. The first kappa shape index (κ1) is 117. The molecular formula is C75H145F13N8O9. The van der Waals surface area contributed by atoms with E-state index in [1.54, 1.807) is 41.5 Å². The van der Waals surface area contributed by atoms with Gasteiger partial charge in [-0.15, -0.1) is 0 Å². The second kappa shape index (κ2) is 55.3. The van der Waals surface area contributed by atoms with Crippen LogP contribution in [0.1, 0.15) is 302 Å². The van der Waals surface area contributed by atoms with Crippen molar-refractivity contribution >= 4 is 46.5 Å². The highest BCUT2D eigenvalue weighted by Crippen LogP contribution is 2.42. The zero-order valence-corrected chi connectivity index (χ0v) is 68.4. The summed E-state index contributed by atoms with van der Waals surface area (Å²) in [6.07, 6.45) is -6.50. The van der Waals surface area contributed by atoms with Crippen molar-refractivity contribution in [1.82, 2.24) is 0 Å². The molecule has 0 heterocycles. The molecule has 0 fully saturated rings. The summed E-state index contributed by atoms with van der Waals surface area (Å²) < 4.78 is 160. The molecule has 0 spiro atoms.